The molecule has 0 atom stereocenters. The lowest BCUT2D eigenvalue weighted by molar-refractivity contribution is -0.910. The number of hydrogen-bond acceptors (Lipinski definition) is 4. The van der Waals surface area contributed by atoms with E-state index in [1.54, 1.807) is 19.2 Å². The van der Waals surface area contributed by atoms with Crippen molar-refractivity contribution >= 4 is 11.0 Å². The van der Waals surface area contributed by atoms with Crippen molar-refractivity contribution in [1.82, 2.24) is 0 Å². The molecule has 2 aromatic carbocycles. The summed E-state index contributed by atoms with van der Waals surface area (Å²) >= 11 is 0. The average molecular weight is 354 g/mol. The quantitative estimate of drug-likeness (QED) is 0.668. The van der Waals surface area contributed by atoms with Crippen LogP contribution in [0.4, 0.5) is 0 Å². The van der Waals surface area contributed by atoms with Crippen molar-refractivity contribution in [2.45, 2.75) is 20.4 Å². The maximum atomic E-state index is 12.2. The average Bonchev–Trinajstić information content (AvgIpc) is 2.67. The Morgan fingerprint density at radius 3 is 2.38 bits per heavy atom. The second kappa shape index (κ2) is 7.62. The minimum atomic E-state index is -0.426. The van der Waals surface area contributed by atoms with Crippen LogP contribution in [0.5, 0.6) is 11.5 Å². The lowest BCUT2D eigenvalue weighted by atomic mass is 9.99. The molecular weight excluding hydrogens is 330 g/mol. The second-order valence-corrected chi connectivity index (χ2v) is 6.28. The molecule has 0 saturated heterocycles. The van der Waals surface area contributed by atoms with Crippen LogP contribution >= 0.6 is 0 Å². The number of phenolic OH excluding ortho intramolecular Hbond substituents is 1. The highest BCUT2D eigenvalue weighted by atomic mass is 16.5. The largest absolute Gasteiger partial charge is 0.507 e. The first kappa shape index (κ1) is 18.0. The predicted octanol–water partition coefficient (Wildman–Crippen LogP) is 2.60. The maximum absolute atomic E-state index is 12.2. The summed E-state index contributed by atoms with van der Waals surface area (Å²) in [6.07, 6.45) is 0. The third-order valence-corrected chi connectivity index (χ3v) is 4.82. The zero-order valence-electron chi connectivity index (χ0n) is 15.3. The Morgan fingerprint density at radius 2 is 1.77 bits per heavy atom. The van der Waals surface area contributed by atoms with E-state index in [9.17, 15) is 9.90 Å². The van der Waals surface area contributed by atoms with Crippen LogP contribution in [0, 0.1) is 0 Å². The minimum Gasteiger partial charge on any atom is -0.507 e. The first-order chi connectivity index (χ1) is 12.6. The zero-order valence-corrected chi connectivity index (χ0v) is 15.3. The van der Waals surface area contributed by atoms with Gasteiger partial charge in [-0.2, -0.15) is 0 Å². The molecule has 136 valence electrons. The van der Waals surface area contributed by atoms with Gasteiger partial charge in [-0.15, -0.1) is 0 Å². The molecule has 0 amide bonds. The number of aromatic hydroxyl groups is 1. The fourth-order valence-corrected chi connectivity index (χ4v) is 3.20. The molecule has 5 nitrogen and oxygen atoms in total. The van der Waals surface area contributed by atoms with Gasteiger partial charge in [-0.05, 0) is 49.2 Å². The number of rotatable bonds is 6. The molecule has 26 heavy (non-hydrogen) atoms. The molecule has 3 aromatic rings. The van der Waals surface area contributed by atoms with Gasteiger partial charge < -0.3 is 19.2 Å². The van der Waals surface area contributed by atoms with Gasteiger partial charge in [0.25, 0.3) is 0 Å². The van der Waals surface area contributed by atoms with Gasteiger partial charge in [0, 0.05) is 11.5 Å². The van der Waals surface area contributed by atoms with Gasteiger partial charge in [0.05, 0.1) is 25.8 Å². The minimum absolute atomic E-state index is 0.159. The Balaban J connectivity index is 2.21. The Kier molecular flexibility index (Phi) is 5.28. The monoisotopic (exact) mass is 354 g/mol. The van der Waals surface area contributed by atoms with E-state index >= 15 is 0 Å². The third kappa shape index (κ3) is 3.44. The Hall–Kier alpha value is -2.79. The standard InChI is InChI=1S/C21H23NO4/c1-4-22(5-2)13-18-19(23)11-10-16-17(12-20(24)26-21(16)18)14-6-8-15(25-3)9-7-14/h6-12,23H,4-5,13H2,1-3H3/p+1. The van der Waals surface area contributed by atoms with Gasteiger partial charge in [-0.1, -0.05) is 12.1 Å². The Bertz CT molecular complexity index is 956. The molecule has 0 fully saturated rings. The van der Waals surface area contributed by atoms with E-state index in [-0.39, 0.29) is 5.75 Å². The summed E-state index contributed by atoms with van der Waals surface area (Å²) in [5.41, 5.74) is 2.39. The number of methoxy groups -OCH3 is 1. The number of ether oxygens (including phenoxy) is 1. The lowest BCUT2D eigenvalue weighted by Crippen LogP contribution is -3.10. The van der Waals surface area contributed by atoms with Crippen molar-refractivity contribution in [3.8, 4) is 22.6 Å². The van der Waals surface area contributed by atoms with Crippen molar-refractivity contribution in [3.63, 3.8) is 0 Å². The van der Waals surface area contributed by atoms with Crippen molar-refractivity contribution in [2.75, 3.05) is 20.2 Å². The lowest BCUT2D eigenvalue weighted by Gasteiger charge is -2.17. The van der Waals surface area contributed by atoms with E-state index in [1.165, 1.54) is 11.0 Å². The Morgan fingerprint density at radius 1 is 1.08 bits per heavy atom. The first-order valence-electron chi connectivity index (χ1n) is 8.84. The highest BCUT2D eigenvalue weighted by Crippen LogP contribution is 2.33. The predicted molar refractivity (Wildman–Crippen MR) is 102 cm³/mol. The van der Waals surface area contributed by atoms with Gasteiger partial charge in [-0.3, -0.25) is 0 Å². The summed E-state index contributed by atoms with van der Waals surface area (Å²) in [7, 11) is 1.62. The number of phenols is 1. The molecule has 0 radical (unpaired) electrons. The van der Waals surface area contributed by atoms with E-state index in [2.05, 4.69) is 13.8 Å². The fourth-order valence-electron chi connectivity index (χ4n) is 3.20. The zero-order chi connectivity index (χ0) is 18.7. The number of fused-ring (bicyclic) bond motifs is 1. The number of nitrogens with one attached hydrogen (secondary N) is 1. The van der Waals surface area contributed by atoms with E-state index in [0.717, 1.165) is 35.4 Å². The number of hydrogen-bond donors (Lipinski definition) is 2. The highest BCUT2D eigenvalue weighted by molar-refractivity contribution is 5.95. The highest BCUT2D eigenvalue weighted by Gasteiger charge is 2.18. The third-order valence-electron chi connectivity index (χ3n) is 4.82. The SMILES string of the molecule is CC[NH+](CC)Cc1c(O)ccc2c(-c3ccc(OC)cc3)cc(=O)oc12. The summed E-state index contributed by atoms with van der Waals surface area (Å²) in [6.45, 7) is 6.65. The van der Waals surface area contributed by atoms with Crippen LogP contribution < -0.4 is 15.3 Å². The fraction of sp³-hybridized carbons (Fsp3) is 0.286. The molecule has 5 heteroatoms. The molecule has 0 bridgehead atoms. The summed E-state index contributed by atoms with van der Waals surface area (Å²) in [5, 5.41) is 11.2. The maximum Gasteiger partial charge on any atom is 0.336 e. The number of benzene rings is 2. The molecule has 0 aliphatic heterocycles. The topological polar surface area (TPSA) is 64.1 Å². The van der Waals surface area contributed by atoms with Crippen molar-refractivity contribution in [3.05, 3.63) is 58.4 Å². The van der Waals surface area contributed by atoms with Crippen LogP contribution in [-0.2, 0) is 6.54 Å². The molecular formula is C21H24NO4+. The van der Waals surface area contributed by atoms with Crippen molar-refractivity contribution in [1.29, 1.82) is 0 Å². The van der Waals surface area contributed by atoms with Crippen molar-refractivity contribution < 1.29 is 19.2 Å². The number of quaternary nitrogens is 1. The molecule has 0 saturated carbocycles. The van der Waals surface area contributed by atoms with Gasteiger partial charge in [0.15, 0.2) is 5.58 Å². The summed E-state index contributed by atoms with van der Waals surface area (Å²) in [6, 6.07) is 12.5. The summed E-state index contributed by atoms with van der Waals surface area (Å²) in [4.78, 5) is 13.5. The van der Waals surface area contributed by atoms with Crippen LogP contribution in [0.25, 0.3) is 22.1 Å². The normalized spacial score (nSPS) is 11.2. The molecule has 0 aliphatic rings. The smallest absolute Gasteiger partial charge is 0.336 e. The molecule has 1 aromatic heterocycles. The van der Waals surface area contributed by atoms with Gasteiger partial charge in [0.2, 0.25) is 0 Å². The van der Waals surface area contributed by atoms with E-state index < -0.39 is 5.63 Å². The molecule has 3 rings (SSSR count). The first-order valence-corrected chi connectivity index (χ1v) is 8.84. The van der Waals surface area contributed by atoms with E-state index in [0.29, 0.717) is 17.7 Å². The Labute approximate surface area is 152 Å². The van der Waals surface area contributed by atoms with Gasteiger partial charge in [-0.25, -0.2) is 4.79 Å². The van der Waals surface area contributed by atoms with E-state index in [1.807, 2.05) is 24.3 Å². The van der Waals surface area contributed by atoms with Crippen LogP contribution in [0.2, 0.25) is 0 Å². The van der Waals surface area contributed by atoms with Gasteiger partial charge >= 0.3 is 5.63 Å². The summed E-state index contributed by atoms with van der Waals surface area (Å²) < 4.78 is 10.7. The van der Waals surface area contributed by atoms with Crippen LogP contribution in [0.1, 0.15) is 19.4 Å². The van der Waals surface area contributed by atoms with Gasteiger partial charge in [0.1, 0.15) is 18.0 Å². The molecule has 0 spiro atoms. The van der Waals surface area contributed by atoms with Crippen LogP contribution in [-0.4, -0.2) is 25.3 Å². The van der Waals surface area contributed by atoms with Crippen molar-refractivity contribution in [2.24, 2.45) is 0 Å². The molecule has 0 aliphatic carbocycles. The van der Waals surface area contributed by atoms with Crippen LogP contribution in [0.3, 0.4) is 0 Å². The molecule has 2 N–H and O–H groups in total. The molecule has 1 heterocycles. The van der Waals surface area contributed by atoms with E-state index in [4.69, 9.17) is 9.15 Å². The second-order valence-electron chi connectivity index (χ2n) is 6.28. The van der Waals surface area contributed by atoms with Crippen LogP contribution in [0.15, 0.2) is 51.7 Å². The molecule has 0 unspecified atom stereocenters. The summed E-state index contributed by atoms with van der Waals surface area (Å²) in [5.74, 6) is 0.913.